The van der Waals surface area contributed by atoms with E-state index >= 15 is 0 Å². The van der Waals surface area contributed by atoms with Gasteiger partial charge < -0.3 is 0 Å². The molecule has 0 bridgehead atoms. The number of carbonyl (C=O) groups is 1. The number of nitrogens with zero attached hydrogens (tertiary/aromatic N) is 1. The second kappa shape index (κ2) is 4.95. The summed E-state index contributed by atoms with van der Waals surface area (Å²) in [6.45, 7) is 0. The maximum Gasteiger partial charge on any atom is 0.174 e. The molecule has 0 radical (unpaired) electrons. The van der Waals surface area contributed by atoms with Gasteiger partial charge in [-0.1, -0.05) is 35.3 Å². The minimum absolute atomic E-state index is 0.0342. The number of hydrogen-bond donors (Lipinski definition) is 0. The van der Waals surface area contributed by atoms with Crippen molar-refractivity contribution in [3.63, 3.8) is 0 Å². The highest BCUT2D eigenvalue weighted by Crippen LogP contribution is 2.37. The van der Waals surface area contributed by atoms with E-state index in [-0.39, 0.29) is 11.7 Å². The number of carbonyl (C=O) groups excluding carboxylic acids is 1. The van der Waals surface area contributed by atoms with E-state index in [0.29, 0.717) is 15.6 Å². The Kier molecular flexibility index (Phi) is 3.29. The second-order valence-corrected chi connectivity index (χ2v) is 5.41. The molecule has 96 valence electrons. The summed E-state index contributed by atoms with van der Waals surface area (Å²) in [6.07, 6.45) is 3.37. The Bertz CT molecular complexity index is 634. The van der Waals surface area contributed by atoms with Crippen LogP contribution >= 0.6 is 23.2 Å². The van der Waals surface area contributed by atoms with Crippen LogP contribution in [0.15, 0.2) is 36.5 Å². The molecule has 1 atom stereocenters. The van der Waals surface area contributed by atoms with Gasteiger partial charge >= 0.3 is 0 Å². The van der Waals surface area contributed by atoms with Crippen LogP contribution in [0.2, 0.25) is 10.0 Å². The minimum atomic E-state index is -0.228. The summed E-state index contributed by atoms with van der Waals surface area (Å²) in [5.74, 6) is -0.262. The Morgan fingerprint density at radius 3 is 2.63 bits per heavy atom. The first-order chi connectivity index (χ1) is 9.18. The van der Waals surface area contributed by atoms with E-state index in [1.54, 1.807) is 24.4 Å². The van der Waals surface area contributed by atoms with Crippen LogP contribution in [-0.2, 0) is 6.42 Å². The molecule has 1 aliphatic carbocycles. The number of fused-ring (bicyclic) bond motifs is 1. The maximum absolute atomic E-state index is 12.6. The fourth-order valence-corrected chi connectivity index (χ4v) is 3.16. The van der Waals surface area contributed by atoms with Gasteiger partial charge in [0, 0.05) is 6.20 Å². The molecule has 19 heavy (non-hydrogen) atoms. The van der Waals surface area contributed by atoms with Crippen LogP contribution in [0.25, 0.3) is 0 Å². The van der Waals surface area contributed by atoms with E-state index in [4.69, 9.17) is 23.2 Å². The lowest BCUT2D eigenvalue weighted by atomic mass is 9.95. The van der Waals surface area contributed by atoms with Crippen molar-refractivity contribution in [3.8, 4) is 0 Å². The molecule has 3 rings (SSSR count). The minimum Gasteiger partial charge on any atom is -0.293 e. The van der Waals surface area contributed by atoms with E-state index in [0.717, 1.165) is 24.1 Å². The van der Waals surface area contributed by atoms with Crippen LogP contribution in [0, 0.1) is 0 Å². The highest BCUT2D eigenvalue weighted by atomic mass is 35.5. The summed E-state index contributed by atoms with van der Waals surface area (Å²) >= 11 is 12.2. The molecule has 0 N–H and O–H groups in total. The van der Waals surface area contributed by atoms with Gasteiger partial charge in [0.2, 0.25) is 0 Å². The van der Waals surface area contributed by atoms with Crippen molar-refractivity contribution in [3.05, 3.63) is 63.4 Å². The van der Waals surface area contributed by atoms with E-state index in [1.807, 2.05) is 12.1 Å². The molecular weight excluding hydrogens is 281 g/mol. The van der Waals surface area contributed by atoms with Crippen molar-refractivity contribution in [2.45, 2.75) is 18.8 Å². The number of aromatic nitrogens is 1. The van der Waals surface area contributed by atoms with Crippen molar-refractivity contribution < 1.29 is 4.79 Å². The van der Waals surface area contributed by atoms with Crippen molar-refractivity contribution in [2.24, 2.45) is 0 Å². The Morgan fingerprint density at radius 2 is 1.89 bits per heavy atom. The zero-order valence-electron chi connectivity index (χ0n) is 10.1. The van der Waals surface area contributed by atoms with E-state index in [9.17, 15) is 4.79 Å². The molecule has 0 fully saturated rings. The molecule has 1 aliphatic rings. The molecule has 0 amide bonds. The van der Waals surface area contributed by atoms with Crippen molar-refractivity contribution >= 4 is 29.0 Å². The summed E-state index contributed by atoms with van der Waals surface area (Å²) < 4.78 is 0. The monoisotopic (exact) mass is 291 g/mol. The van der Waals surface area contributed by atoms with Gasteiger partial charge in [0.05, 0.1) is 27.2 Å². The molecular formula is C15H11Cl2NO. The van der Waals surface area contributed by atoms with Crippen LogP contribution in [-0.4, -0.2) is 10.8 Å². The highest BCUT2D eigenvalue weighted by Gasteiger charge is 2.32. The van der Waals surface area contributed by atoms with Crippen LogP contribution in [0.5, 0.6) is 0 Å². The lowest BCUT2D eigenvalue weighted by Gasteiger charge is -2.12. The largest absolute Gasteiger partial charge is 0.293 e. The number of pyridine rings is 1. The third-order valence-electron chi connectivity index (χ3n) is 3.48. The number of ketones is 1. The number of benzene rings is 1. The Hall–Kier alpha value is -1.38. The maximum atomic E-state index is 12.6. The number of Topliss-reactive ketones (excluding diaryl/α,β-unsaturated/α-hetero) is 1. The first-order valence-corrected chi connectivity index (χ1v) is 6.86. The van der Waals surface area contributed by atoms with Crippen molar-refractivity contribution in [2.75, 3.05) is 0 Å². The van der Waals surface area contributed by atoms with Crippen LogP contribution in [0.4, 0.5) is 0 Å². The second-order valence-electron chi connectivity index (χ2n) is 4.60. The molecule has 0 aliphatic heterocycles. The van der Waals surface area contributed by atoms with E-state index in [2.05, 4.69) is 4.98 Å². The van der Waals surface area contributed by atoms with E-state index < -0.39 is 0 Å². The lowest BCUT2D eigenvalue weighted by molar-refractivity contribution is 0.0958. The van der Waals surface area contributed by atoms with Gasteiger partial charge in [0.1, 0.15) is 0 Å². The summed E-state index contributed by atoms with van der Waals surface area (Å²) in [4.78, 5) is 17.0. The number of hydrogen-bond acceptors (Lipinski definition) is 2. The summed E-state index contributed by atoms with van der Waals surface area (Å²) in [6, 6.07) is 9.03. The zero-order valence-corrected chi connectivity index (χ0v) is 11.6. The number of aryl methyl sites for hydroxylation is 1. The Labute approximate surface area is 121 Å². The van der Waals surface area contributed by atoms with Crippen molar-refractivity contribution in [1.29, 1.82) is 0 Å². The van der Waals surface area contributed by atoms with E-state index in [1.165, 1.54) is 0 Å². The van der Waals surface area contributed by atoms with Gasteiger partial charge in [0.15, 0.2) is 5.78 Å². The molecule has 0 saturated heterocycles. The highest BCUT2D eigenvalue weighted by molar-refractivity contribution is 6.40. The standard InChI is InChI=1S/C15H11Cl2NO/c16-11-4-1-5-12(17)13(11)15(19)10-7-6-9-3-2-8-18-14(9)10/h1-5,8,10H,6-7H2. The van der Waals surface area contributed by atoms with Crippen molar-refractivity contribution in [1.82, 2.24) is 4.98 Å². The third kappa shape index (κ3) is 2.15. The Morgan fingerprint density at radius 1 is 1.16 bits per heavy atom. The SMILES string of the molecule is O=C(c1c(Cl)cccc1Cl)C1CCc2cccnc21. The molecule has 4 heteroatoms. The van der Waals surface area contributed by atoms with Gasteiger partial charge in [-0.3, -0.25) is 9.78 Å². The zero-order chi connectivity index (χ0) is 13.4. The van der Waals surface area contributed by atoms with Gasteiger partial charge in [-0.2, -0.15) is 0 Å². The van der Waals surface area contributed by atoms with Gasteiger partial charge in [-0.25, -0.2) is 0 Å². The molecule has 1 unspecified atom stereocenters. The van der Waals surface area contributed by atoms with Gasteiger partial charge in [0.25, 0.3) is 0 Å². The summed E-state index contributed by atoms with van der Waals surface area (Å²) in [5.41, 5.74) is 2.42. The average molecular weight is 292 g/mol. The first kappa shape index (κ1) is 12.6. The van der Waals surface area contributed by atoms with Gasteiger partial charge in [-0.15, -0.1) is 0 Å². The first-order valence-electron chi connectivity index (χ1n) is 6.10. The van der Waals surface area contributed by atoms with Crippen LogP contribution < -0.4 is 0 Å². The molecule has 1 aromatic carbocycles. The molecule has 2 aromatic rings. The molecule has 0 saturated carbocycles. The fraction of sp³-hybridized carbons (Fsp3) is 0.200. The average Bonchev–Trinajstić information content (AvgIpc) is 2.82. The number of halogens is 2. The van der Waals surface area contributed by atoms with Crippen LogP contribution in [0.1, 0.15) is 34.0 Å². The molecule has 1 heterocycles. The predicted molar refractivity (Wildman–Crippen MR) is 76.1 cm³/mol. The fourth-order valence-electron chi connectivity index (χ4n) is 2.58. The Balaban J connectivity index is 2.03. The van der Waals surface area contributed by atoms with Gasteiger partial charge in [-0.05, 0) is 36.6 Å². The molecule has 1 aromatic heterocycles. The molecule has 0 spiro atoms. The number of rotatable bonds is 2. The summed E-state index contributed by atoms with van der Waals surface area (Å²) in [5, 5.41) is 0.809. The normalized spacial score (nSPS) is 17.3. The predicted octanol–water partition coefficient (Wildman–Crippen LogP) is 4.30. The quantitative estimate of drug-likeness (QED) is 0.772. The summed E-state index contributed by atoms with van der Waals surface area (Å²) in [7, 11) is 0. The smallest absolute Gasteiger partial charge is 0.174 e. The third-order valence-corrected chi connectivity index (χ3v) is 4.11. The van der Waals surface area contributed by atoms with Crippen LogP contribution in [0.3, 0.4) is 0 Å². The topological polar surface area (TPSA) is 30.0 Å². The lowest BCUT2D eigenvalue weighted by Crippen LogP contribution is -2.12. The molecule has 2 nitrogen and oxygen atoms in total.